The van der Waals surface area contributed by atoms with Gasteiger partial charge in [-0.05, 0) is 18.2 Å². The van der Waals surface area contributed by atoms with Gasteiger partial charge < -0.3 is 4.42 Å². The molecule has 0 unspecified atom stereocenters. The van der Waals surface area contributed by atoms with Crippen molar-refractivity contribution in [3.8, 4) is 51.4 Å². The predicted octanol–water partition coefficient (Wildman–Crippen LogP) is 10.3. The van der Waals surface area contributed by atoms with E-state index in [2.05, 4.69) is 41.0 Å². The Labute approximate surface area is 286 Å². The van der Waals surface area contributed by atoms with Crippen molar-refractivity contribution in [3.63, 3.8) is 0 Å². The molecule has 4 heterocycles. The molecule has 50 heavy (non-hydrogen) atoms. The first kappa shape index (κ1) is 28.1. The number of nitrogens with zero attached hydrogens (tertiary/aromatic N) is 6. The smallest absolute Gasteiger partial charge is 0.238 e. The number of para-hydroxylation sites is 1. The van der Waals surface area contributed by atoms with E-state index in [1.807, 2.05) is 121 Å². The second-order valence-corrected chi connectivity index (χ2v) is 12.1. The zero-order chi connectivity index (χ0) is 33.0. The summed E-state index contributed by atoms with van der Waals surface area (Å²) >= 11 is 0. The number of hydrogen-bond donors (Lipinski definition) is 0. The molecule has 0 fully saturated rings. The number of furan rings is 1. The average Bonchev–Trinajstić information content (AvgIpc) is 3.74. The SMILES string of the molecule is c1ccc(-c2nc(-c3ccccc3)nc(-n3c4ccccc4c4ccc5oc6nc(-c7ccccc7)nc(-c7ccccc7)c6c5c43)n2)cc1. The number of aromatic nitrogens is 6. The minimum Gasteiger partial charge on any atom is -0.437 e. The molecule has 0 aliphatic rings. The van der Waals surface area contributed by atoms with Gasteiger partial charge in [-0.1, -0.05) is 140 Å². The maximum Gasteiger partial charge on any atom is 0.238 e. The van der Waals surface area contributed by atoms with Gasteiger partial charge in [0.25, 0.3) is 0 Å². The van der Waals surface area contributed by atoms with Gasteiger partial charge in [0.15, 0.2) is 17.5 Å². The molecule has 0 saturated carbocycles. The summed E-state index contributed by atoms with van der Waals surface area (Å²) in [5, 5.41) is 3.85. The average molecular weight is 643 g/mol. The van der Waals surface area contributed by atoms with Gasteiger partial charge in [-0.15, -0.1) is 0 Å². The van der Waals surface area contributed by atoms with Crippen molar-refractivity contribution in [2.75, 3.05) is 0 Å². The van der Waals surface area contributed by atoms with Gasteiger partial charge in [0.05, 0.1) is 27.5 Å². The quantitative estimate of drug-likeness (QED) is 0.186. The van der Waals surface area contributed by atoms with Gasteiger partial charge >= 0.3 is 0 Å². The minimum absolute atomic E-state index is 0.508. The highest BCUT2D eigenvalue weighted by molar-refractivity contribution is 6.26. The molecular weight excluding hydrogens is 617 g/mol. The monoisotopic (exact) mass is 642 g/mol. The van der Waals surface area contributed by atoms with Crippen molar-refractivity contribution in [1.29, 1.82) is 0 Å². The summed E-state index contributed by atoms with van der Waals surface area (Å²) in [6, 6.07) is 52.8. The fraction of sp³-hybridized carbons (Fsp3) is 0. The van der Waals surface area contributed by atoms with Crippen molar-refractivity contribution in [2.45, 2.75) is 0 Å². The summed E-state index contributed by atoms with van der Waals surface area (Å²) < 4.78 is 8.78. The van der Waals surface area contributed by atoms with Crippen molar-refractivity contribution >= 4 is 43.9 Å². The maximum absolute atomic E-state index is 6.64. The molecule has 0 spiro atoms. The van der Waals surface area contributed by atoms with Crippen LogP contribution < -0.4 is 0 Å². The maximum atomic E-state index is 6.64. The molecular formula is C43H26N6O. The van der Waals surface area contributed by atoms with E-state index >= 15 is 0 Å². The molecule has 10 rings (SSSR count). The molecule has 234 valence electrons. The van der Waals surface area contributed by atoms with Crippen molar-refractivity contribution < 1.29 is 4.42 Å². The second-order valence-electron chi connectivity index (χ2n) is 12.1. The van der Waals surface area contributed by atoms with Gasteiger partial charge in [0, 0.05) is 33.0 Å². The molecule has 10 aromatic rings. The van der Waals surface area contributed by atoms with Crippen molar-refractivity contribution in [1.82, 2.24) is 29.5 Å². The summed E-state index contributed by atoms with van der Waals surface area (Å²) in [5.74, 6) is 2.29. The molecule has 0 saturated heterocycles. The van der Waals surface area contributed by atoms with E-state index in [1.54, 1.807) is 0 Å². The molecule has 0 atom stereocenters. The lowest BCUT2D eigenvalue weighted by Gasteiger charge is -2.11. The Morgan fingerprint density at radius 3 is 1.52 bits per heavy atom. The highest BCUT2D eigenvalue weighted by Crippen LogP contribution is 2.43. The highest BCUT2D eigenvalue weighted by Gasteiger charge is 2.25. The molecule has 0 radical (unpaired) electrons. The van der Waals surface area contributed by atoms with Crippen LogP contribution in [0.1, 0.15) is 0 Å². The number of rotatable bonds is 5. The van der Waals surface area contributed by atoms with Crippen molar-refractivity contribution in [2.24, 2.45) is 0 Å². The third-order valence-corrected chi connectivity index (χ3v) is 9.10. The highest BCUT2D eigenvalue weighted by atomic mass is 16.3. The van der Waals surface area contributed by atoms with Gasteiger partial charge in [-0.3, -0.25) is 4.57 Å². The third-order valence-electron chi connectivity index (χ3n) is 9.10. The van der Waals surface area contributed by atoms with Crippen LogP contribution in [0.2, 0.25) is 0 Å². The van der Waals surface area contributed by atoms with Crippen LogP contribution in [-0.4, -0.2) is 29.5 Å². The van der Waals surface area contributed by atoms with Crippen LogP contribution in [-0.2, 0) is 0 Å². The first-order valence-electron chi connectivity index (χ1n) is 16.4. The molecule has 0 N–H and O–H groups in total. The van der Waals surface area contributed by atoms with Gasteiger partial charge in [-0.25, -0.2) is 9.97 Å². The van der Waals surface area contributed by atoms with Gasteiger partial charge in [0.1, 0.15) is 5.58 Å². The molecule has 0 aliphatic carbocycles. The van der Waals surface area contributed by atoms with Crippen molar-refractivity contribution in [3.05, 3.63) is 158 Å². The van der Waals surface area contributed by atoms with E-state index in [9.17, 15) is 0 Å². The fourth-order valence-corrected chi connectivity index (χ4v) is 6.84. The van der Waals surface area contributed by atoms with E-state index < -0.39 is 0 Å². The Kier molecular flexibility index (Phi) is 6.35. The Morgan fingerprint density at radius 1 is 0.400 bits per heavy atom. The van der Waals surface area contributed by atoms with Gasteiger partial charge in [0.2, 0.25) is 11.7 Å². The zero-order valence-electron chi connectivity index (χ0n) is 26.6. The molecule has 6 aromatic carbocycles. The molecule has 0 amide bonds. The van der Waals surface area contributed by atoms with Gasteiger partial charge in [-0.2, -0.15) is 15.0 Å². The van der Waals surface area contributed by atoms with E-state index in [-0.39, 0.29) is 0 Å². The van der Waals surface area contributed by atoms with Crippen LogP contribution in [0.15, 0.2) is 162 Å². The lowest BCUT2D eigenvalue weighted by molar-refractivity contribution is 0.654. The van der Waals surface area contributed by atoms with Crippen LogP contribution in [0.5, 0.6) is 0 Å². The summed E-state index contributed by atoms with van der Waals surface area (Å²) in [6.07, 6.45) is 0. The van der Waals surface area contributed by atoms with E-state index in [1.165, 1.54) is 0 Å². The van der Waals surface area contributed by atoms with Crippen LogP contribution >= 0.6 is 0 Å². The second kappa shape index (κ2) is 11.3. The van der Waals surface area contributed by atoms with E-state index in [4.69, 9.17) is 29.3 Å². The van der Waals surface area contributed by atoms with E-state index in [0.717, 1.165) is 60.5 Å². The normalized spacial score (nSPS) is 11.6. The summed E-state index contributed by atoms with van der Waals surface area (Å²) in [7, 11) is 0. The Morgan fingerprint density at radius 2 is 0.920 bits per heavy atom. The largest absolute Gasteiger partial charge is 0.437 e. The van der Waals surface area contributed by atoms with Crippen LogP contribution in [0.3, 0.4) is 0 Å². The third kappa shape index (κ3) is 4.48. The molecule has 4 aromatic heterocycles. The number of fused-ring (bicyclic) bond motifs is 7. The predicted molar refractivity (Wildman–Crippen MR) is 199 cm³/mol. The minimum atomic E-state index is 0.508. The Balaban J connectivity index is 1.36. The molecule has 0 bridgehead atoms. The van der Waals surface area contributed by atoms with Crippen LogP contribution in [0.4, 0.5) is 0 Å². The number of hydrogen-bond acceptors (Lipinski definition) is 6. The van der Waals surface area contributed by atoms with E-state index in [0.29, 0.717) is 34.7 Å². The van der Waals surface area contributed by atoms with Crippen LogP contribution in [0, 0.1) is 0 Å². The standard InChI is InChI=1S/C43H26N6O/c1-5-15-27(16-6-1)37-36-35-34(50-42(36)46-39(44-37)28-17-7-2-8-18-28)26-25-32-31-23-13-14-24-33(31)49(38(32)35)43-47-40(29-19-9-3-10-20-29)45-41(48-43)30-21-11-4-12-22-30/h1-26H. The number of benzene rings is 6. The lowest BCUT2D eigenvalue weighted by Crippen LogP contribution is -2.06. The first-order chi connectivity index (χ1) is 24.8. The molecule has 7 nitrogen and oxygen atoms in total. The topological polar surface area (TPSA) is 82.5 Å². The lowest BCUT2D eigenvalue weighted by atomic mass is 10.0. The molecule has 0 aliphatic heterocycles. The Hall–Kier alpha value is -6.99. The van der Waals surface area contributed by atoms with Crippen LogP contribution in [0.25, 0.3) is 95.2 Å². The fourth-order valence-electron chi connectivity index (χ4n) is 6.84. The summed E-state index contributed by atoms with van der Waals surface area (Å²) in [4.78, 5) is 25.5. The zero-order valence-corrected chi connectivity index (χ0v) is 26.6. The Bertz CT molecular complexity index is 2790. The molecule has 7 heteroatoms. The first-order valence-corrected chi connectivity index (χ1v) is 16.4. The summed E-state index contributed by atoms with van der Waals surface area (Å²) in [6.45, 7) is 0. The summed E-state index contributed by atoms with van der Waals surface area (Å²) in [5.41, 5.74) is 7.59.